The minimum Gasteiger partial charge on any atom is -0.465 e. The highest BCUT2D eigenvalue weighted by Crippen LogP contribution is 2.26. The molecule has 1 aliphatic heterocycles. The van der Waals surface area contributed by atoms with Gasteiger partial charge in [0, 0.05) is 16.1 Å². The van der Waals surface area contributed by atoms with Crippen LogP contribution in [0.1, 0.15) is 11.1 Å². The van der Waals surface area contributed by atoms with Crippen molar-refractivity contribution in [2.45, 2.75) is 6.17 Å². The van der Waals surface area contributed by atoms with Crippen LogP contribution < -0.4 is 10.6 Å². The van der Waals surface area contributed by atoms with Crippen molar-refractivity contribution in [1.29, 1.82) is 0 Å². The fourth-order valence-corrected chi connectivity index (χ4v) is 2.49. The van der Waals surface area contributed by atoms with E-state index in [1.54, 1.807) is 18.2 Å². The molecule has 1 atom stereocenters. The van der Waals surface area contributed by atoms with E-state index in [1.807, 2.05) is 30.3 Å². The van der Waals surface area contributed by atoms with E-state index in [2.05, 4.69) is 15.6 Å². The van der Waals surface area contributed by atoms with Crippen LogP contribution in [0.25, 0.3) is 0 Å². The van der Waals surface area contributed by atoms with E-state index in [-0.39, 0.29) is 0 Å². The standard InChI is InChI=1S/C16H12ClN3O3/c17-10-6-7-12-11(8-10)13(9-4-2-1-3-5-9)19-14(15(21)18-12)20-16(22)23/h1-8,14,20H,(H,18,21)(H,22,23). The Morgan fingerprint density at radius 2 is 1.96 bits per heavy atom. The zero-order valence-electron chi connectivity index (χ0n) is 11.8. The number of hydrogen-bond donors (Lipinski definition) is 3. The minimum absolute atomic E-state index is 0.486. The number of anilines is 1. The molecule has 0 aromatic heterocycles. The number of nitrogens with zero attached hydrogens (tertiary/aromatic N) is 1. The van der Waals surface area contributed by atoms with Gasteiger partial charge in [-0.3, -0.25) is 10.1 Å². The number of aliphatic imine (C=N–C) groups is 1. The molecule has 3 rings (SSSR count). The predicted octanol–water partition coefficient (Wildman–Crippen LogP) is 2.72. The van der Waals surface area contributed by atoms with E-state index < -0.39 is 18.2 Å². The number of carbonyl (C=O) groups is 2. The smallest absolute Gasteiger partial charge is 0.406 e. The van der Waals surface area contributed by atoms with Crippen molar-refractivity contribution < 1.29 is 14.7 Å². The number of benzodiazepines with no additional fused rings is 1. The molecule has 2 amide bonds. The first-order valence-corrected chi connectivity index (χ1v) is 7.16. The average molecular weight is 330 g/mol. The van der Waals surface area contributed by atoms with E-state index in [4.69, 9.17) is 16.7 Å². The van der Waals surface area contributed by atoms with Gasteiger partial charge < -0.3 is 10.4 Å². The molecule has 0 aliphatic carbocycles. The van der Waals surface area contributed by atoms with E-state index in [0.717, 1.165) is 5.56 Å². The van der Waals surface area contributed by atoms with Crippen molar-refractivity contribution in [3.8, 4) is 0 Å². The van der Waals surface area contributed by atoms with Crippen LogP contribution in [0.3, 0.4) is 0 Å². The summed E-state index contributed by atoms with van der Waals surface area (Å²) in [6.45, 7) is 0. The third kappa shape index (κ3) is 3.17. The van der Waals surface area contributed by atoms with Crippen molar-refractivity contribution in [3.05, 3.63) is 64.7 Å². The Morgan fingerprint density at radius 1 is 1.22 bits per heavy atom. The molecule has 1 unspecified atom stereocenters. The fraction of sp³-hybridized carbons (Fsp3) is 0.0625. The number of hydrogen-bond acceptors (Lipinski definition) is 3. The third-order valence-corrected chi connectivity index (χ3v) is 3.54. The molecular weight excluding hydrogens is 318 g/mol. The summed E-state index contributed by atoms with van der Waals surface area (Å²) in [5.41, 5.74) is 2.40. The Balaban J connectivity index is 2.18. The summed E-state index contributed by atoms with van der Waals surface area (Å²) >= 11 is 6.06. The van der Waals surface area contributed by atoms with Crippen molar-refractivity contribution in [2.24, 2.45) is 4.99 Å². The Kier molecular flexibility index (Phi) is 3.99. The zero-order chi connectivity index (χ0) is 16.4. The summed E-state index contributed by atoms with van der Waals surface area (Å²) < 4.78 is 0. The summed E-state index contributed by atoms with van der Waals surface area (Å²) in [7, 11) is 0. The van der Waals surface area contributed by atoms with Crippen LogP contribution >= 0.6 is 11.6 Å². The Hall–Kier alpha value is -2.86. The molecule has 6 nitrogen and oxygen atoms in total. The molecule has 0 radical (unpaired) electrons. The molecule has 2 aromatic rings. The van der Waals surface area contributed by atoms with Gasteiger partial charge in [-0.25, -0.2) is 9.79 Å². The number of rotatable bonds is 2. The van der Waals surface area contributed by atoms with E-state index >= 15 is 0 Å². The van der Waals surface area contributed by atoms with Crippen LogP contribution in [-0.4, -0.2) is 29.0 Å². The first-order chi connectivity index (χ1) is 11.0. The number of carboxylic acid groups (broad SMARTS) is 1. The van der Waals surface area contributed by atoms with Gasteiger partial charge in [0.05, 0.1) is 11.4 Å². The van der Waals surface area contributed by atoms with Crippen LogP contribution in [0.2, 0.25) is 5.02 Å². The summed E-state index contributed by atoms with van der Waals surface area (Å²) in [6.07, 6.45) is -2.57. The maximum Gasteiger partial charge on any atom is 0.406 e. The lowest BCUT2D eigenvalue weighted by atomic mass is 10.0. The second kappa shape index (κ2) is 6.10. The number of carbonyl (C=O) groups excluding carboxylic acids is 1. The van der Waals surface area contributed by atoms with E-state index in [1.165, 1.54) is 0 Å². The molecule has 0 saturated heterocycles. The zero-order valence-corrected chi connectivity index (χ0v) is 12.5. The maximum atomic E-state index is 12.2. The first kappa shape index (κ1) is 15.1. The second-order valence-corrected chi connectivity index (χ2v) is 5.31. The molecule has 116 valence electrons. The Morgan fingerprint density at radius 3 is 2.65 bits per heavy atom. The average Bonchev–Trinajstić information content (AvgIpc) is 2.65. The normalized spacial score (nSPS) is 16.7. The van der Waals surface area contributed by atoms with Crippen molar-refractivity contribution in [2.75, 3.05) is 5.32 Å². The molecule has 0 saturated carbocycles. The van der Waals surface area contributed by atoms with Crippen molar-refractivity contribution in [3.63, 3.8) is 0 Å². The molecule has 3 N–H and O–H groups in total. The topological polar surface area (TPSA) is 90.8 Å². The van der Waals surface area contributed by atoms with Gasteiger partial charge in [-0.2, -0.15) is 0 Å². The van der Waals surface area contributed by atoms with Crippen molar-refractivity contribution >= 4 is 35.0 Å². The number of halogens is 1. The largest absolute Gasteiger partial charge is 0.465 e. The molecule has 23 heavy (non-hydrogen) atoms. The molecule has 1 aliphatic rings. The number of amides is 2. The summed E-state index contributed by atoms with van der Waals surface area (Å²) in [5, 5.41) is 14.2. The van der Waals surface area contributed by atoms with Gasteiger partial charge in [0.15, 0.2) is 0 Å². The number of benzene rings is 2. The van der Waals surface area contributed by atoms with E-state index in [0.29, 0.717) is 22.0 Å². The predicted molar refractivity (Wildman–Crippen MR) is 87.1 cm³/mol. The SMILES string of the molecule is O=C(O)NC1N=C(c2ccccc2)c2cc(Cl)ccc2NC1=O. The van der Waals surface area contributed by atoms with Gasteiger partial charge >= 0.3 is 6.09 Å². The fourth-order valence-electron chi connectivity index (χ4n) is 2.32. The number of fused-ring (bicyclic) bond motifs is 1. The lowest BCUT2D eigenvalue weighted by Crippen LogP contribution is -2.41. The highest BCUT2D eigenvalue weighted by Gasteiger charge is 2.27. The van der Waals surface area contributed by atoms with Gasteiger partial charge in [0.25, 0.3) is 5.91 Å². The summed E-state index contributed by atoms with van der Waals surface area (Å²) in [5.74, 6) is -0.554. The van der Waals surface area contributed by atoms with E-state index in [9.17, 15) is 9.59 Å². The van der Waals surface area contributed by atoms with Crippen LogP contribution in [0, 0.1) is 0 Å². The lowest BCUT2D eigenvalue weighted by molar-refractivity contribution is -0.117. The molecule has 2 aromatic carbocycles. The third-order valence-electron chi connectivity index (χ3n) is 3.31. The van der Waals surface area contributed by atoms with Crippen LogP contribution in [-0.2, 0) is 4.79 Å². The minimum atomic E-state index is -1.33. The maximum absolute atomic E-state index is 12.2. The Labute approximate surface area is 136 Å². The molecular formula is C16H12ClN3O3. The highest BCUT2D eigenvalue weighted by molar-refractivity contribution is 6.32. The summed E-state index contributed by atoms with van der Waals surface area (Å²) in [6, 6.07) is 14.2. The first-order valence-electron chi connectivity index (χ1n) is 6.78. The lowest BCUT2D eigenvalue weighted by Gasteiger charge is -2.10. The molecule has 0 spiro atoms. The van der Waals surface area contributed by atoms with Gasteiger partial charge in [0.2, 0.25) is 6.17 Å². The number of nitrogens with one attached hydrogen (secondary N) is 2. The monoisotopic (exact) mass is 329 g/mol. The van der Waals surface area contributed by atoms with Gasteiger partial charge in [0.1, 0.15) is 0 Å². The van der Waals surface area contributed by atoms with Gasteiger partial charge in [-0.05, 0) is 18.2 Å². The van der Waals surface area contributed by atoms with Crippen molar-refractivity contribution in [1.82, 2.24) is 5.32 Å². The molecule has 0 fully saturated rings. The van der Waals surface area contributed by atoms with Crippen LogP contribution in [0.5, 0.6) is 0 Å². The highest BCUT2D eigenvalue weighted by atomic mass is 35.5. The summed E-state index contributed by atoms with van der Waals surface area (Å²) in [4.78, 5) is 27.4. The molecule has 0 bridgehead atoms. The molecule has 1 heterocycles. The van der Waals surface area contributed by atoms with Crippen LogP contribution in [0.15, 0.2) is 53.5 Å². The van der Waals surface area contributed by atoms with Crippen LogP contribution in [0.4, 0.5) is 10.5 Å². The Bertz CT molecular complexity index is 805. The quantitative estimate of drug-likeness (QED) is 0.791. The van der Waals surface area contributed by atoms with Gasteiger partial charge in [-0.15, -0.1) is 0 Å². The second-order valence-electron chi connectivity index (χ2n) is 4.87. The van der Waals surface area contributed by atoms with Gasteiger partial charge in [-0.1, -0.05) is 41.9 Å². The molecule has 7 heteroatoms.